The van der Waals surface area contributed by atoms with Crippen LogP contribution in [0.5, 0.6) is 11.5 Å². The van der Waals surface area contributed by atoms with Gasteiger partial charge in [0, 0.05) is 16.9 Å². The summed E-state index contributed by atoms with van der Waals surface area (Å²) < 4.78 is 42.5. The van der Waals surface area contributed by atoms with Gasteiger partial charge in [-0.2, -0.15) is 0 Å². The predicted octanol–water partition coefficient (Wildman–Crippen LogP) is 3.64. The lowest BCUT2D eigenvalue weighted by Gasteiger charge is -2.09. The van der Waals surface area contributed by atoms with E-state index < -0.39 is 30.0 Å². The zero-order valence-corrected chi connectivity index (χ0v) is 15.0. The minimum Gasteiger partial charge on any atom is -0.490 e. The van der Waals surface area contributed by atoms with Gasteiger partial charge in [-0.1, -0.05) is 0 Å². The van der Waals surface area contributed by atoms with Crippen molar-refractivity contribution in [2.45, 2.75) is 11.3 Å². The lowest BCUT2D eigenvalue weighted by Crippen LogP contribution is -2.15. The van der Waals surface area contributed by atoms with E-state index in [0.29, 0.717) is 30.3 Å². The predicted molar refractivity (Wildman–Crippen MR) is 94.4 cm³/mol. The van der Waals surface area contributed by atoms with Crippen LogP contribution in [0, 0.1) is 11.6 Å². The Balaban J connectivity index is 1.52. The smallest absolute Gasteiger partial charge is 0.316 e. The molecule has 0 aromatic heterocycles. The molecule has 0 saturated carbocycles. The van der Waals surface area contributed by atoms with Crippen LogP contribution < -0.4 is 9.47 Å². The molecule has 0 radical (unpaired) electrons. The molecule has 2 aromatic rings. The number of ether oxygens (including phenoxy) is 3. The second kappa shape index (κ2) is 8.85. The zero-order chi connectivity index (χ0) is 19.2. The topological polar surface area (TPSA) is 61.8 Å². The van der Waals surface area contributed by atoms with Crippen molar-refractivity contribution in [3.8, 4) is 11.5 Å². The highest BCUT2D eigenvalue weighted by Gasteiger charge is 2.16. The van der Waals surface area contributed by atoms with E-state index in [1.165, 1.54) is 0 Å². The summed E-state index contributed by atoms with van der Waals surface area (Å²) in [6, 6.07) is 7.73. The standard InChI is InChI=1S/C19H16F2O5S/c20-13-3-4-14(21)18(9-13)27-11-19(23)26-10-15(22)12-2-5-16-17(8-12)25-7-1-6-24-16/h2-5,8-9H,1,6-7,10-11H2. The van der Waals surface area contributed by atoms with Crippen LogP contribution in [0.4, 0.5) is 8.78 Å². The maximum atomic E-state index is 13.5. The van der Waals surface area contributed by atoms with Gasteiger partial charge in [-0.15, -0.1) is 11.8 Å². The molecule has 142 valence electrons. The zero-order valence-electron chi connectivity index (χ0n) is 14.2. The molecule has 8 heteroatoms. The average molecular weight is 394 g/mol. The second-order valence-electron chi connectivity index (χ2n) is 5.66. The number of Topliss-reactive ketones (excluding diaryl/α,β-unsaturated/α-hetero) is 1. The molecule has 5 nitrogen and oxygen atoms in total. The second-order valence-corrected chi connectivity index (χ2v) is 6.68. The molecule has 0 saturated heterocycles. The molecule has 0 N–H and O–H groups in total. The normalized spacial score (nSPS) is 13.0. The van der Waals surface area contributed by atoms with Crippen molar-refractivity contribution in [2.75, 3.05) is 25.6 Å². The number of rotatable bonds is 6. The first-order valence-electron chi connectivity index (χ1n) is 8.19. The third-order valence-corrected chi connectivity index (χ3v) is 4.68. The molecule has 1 heterocycles. The van der Waals surface area contributed by atoms with Crippen molar-refractivity contribution in [3.05, 3.63) is 53.6 Å². The number of hydrogen-bond donors (Lipinski definition) is 0. The molecule has 27 heavy (non-hydrogen) atoms. The van der Waals surface area contributed by atoms with Crippen molar-refractivity contribution in [3.63, 3.8) is 0 Å². The van der Waals surface area contributed by atoms with Crippen molar-refractivity contribution in [2.24, 2.45) is 0 Å². The Labute approximate surface area is 158 Å². The van der Waals surface area contributed by atoms with Gasteiger partial charge in [0.15, 0.2) is 23.9 Å². The Morgan fingerprint density at radius 3 is 2.63 bits per heavy atom. The molecule has 0 atom stereocenters. The molecule has 1 aliphatic heterocycles. The Morgan fingerprint density at radius 2 is 1.81 bits per heavy atom. The van der Waals surface area contributed by atoms with E-state index in [0.717, 1.165) is 36.4 Å². The van der Waals surface area contributed by atoms with Gasteiger partial charge in [-0.25, -0.2) is 8.78 Å². The molecule has 3 rings (SSSR count). The fourth-order valence-corrected chi connectivity index (χ4v) is 3.09. The third-order valence-electron chi connectivity index (χ3n) is 3.67. The summed E-state index contributed by atoms with van der Waals surface area (Å²) >= 11 is 0.800. The number of thioether (sulfide) groups is 1. The highest BCUT2D eigenvalue weighted by Crippen LogP contribution is 2.30. The maximum absolute atomic E-state index is 13.5. The average Bonchev–Trinajstić information content (AvgIpc) is 2.91. The van der Waals surface area contributed by atoms with Gasteiger partial charge in [0.25, 0.3) is 0 Å². The summed E-state index contributed by atoms with van der Waals surface area (Å²) in [5, 5.41) is 0. The highest BCUT2D eigenvalue weighted by atomic mass is 32.2. The fraction of sp³-hybridized carbons (Fsp3) is 0.263. The third kappa shape index (κ3) is 5.19. The number of carbonyl (C=O) groups excluding carboxylic acids is 2. The molecule has 1 aliphatic rings. The summed E-state index contributed by atoms with van der Waals surface area (Å²) in [4.78, 5) is 24.0. The maximum Gasteiger partial charge on any atom is 0.316 e. The van der Waals surface area contributed by atoms with E-state index in [2.05, 4.69) is 0 Å². The monoisotopic (exact) mass is 394 g/mol. The lowest BCUT2D eigenvalue weighted by atomic mass is 10.1. The van der Waals surface area contributed by atoms with Gasteiger partial charge < -0.3 is 14.2 Å². The van der Waals surface area contributed by atoms with Crippen LogP contribution in [0.2, 0.25) is 0 Å². The number of esters is 1. The summed E-state index contributed by atoms with van der Waals surface area (Å²) in [5.41, 5.74) is 0.330. The summed E-state index contributed by atoms with van der Waals surface area (Å²) in [6.07, 6.45) is 0.749. The van der Waals surface area contributed by atoms with Crippen molar-refractivity contribution < 1.29 is 32.6 Å². The Kier molecular flexibility index (Phi) is 6.28. The first-order valence-corrected chi connectivity index (χ1v) is 9.18. The minimum atomic E-state index is -0.702. The minimum absolute atomic E-state index is 0.00109. The van der Waals surface area contributed by atoms with Crippen LogP contribution >= 0.6 is 11.8 Å². The number of hydrogen-bond acceptors (Lipinski definition) is 6. The van der Waals surface area contributed by atoms with Crippen molar-refractivity contribution in [1.29, 1.82) is 0 Å². The summed E-state index contributed by atoms with van der Waals surface area (Å²) in [6.45, 7) is 0.583. The molecular formula is C19H16F2O5S. The van der Waals surface area contributed by atoms with Crippen LogP contribution in [-0.4, -0.2) is 37.3 Å². The molecule has 0 amide bonds. The van der Waals surface area contributed by atoms with Gasteiger partial charge >= 0.3 is 5.97 Å². The van der Waals surface area contributed by atoms with Crippen LogP contribution in [0.3, 0.4) is 0 Å². The largest absolute Gasteiger partial charge is 0.490 e. The van der Waals surface area contributed by atoms with Crippen molar-refractivity contribution >= 4 is 23.5 Å². The van der Waals surface area contributed by atoms with Gasteiger partial charge in [-0.3, -0.25) is 9.59 Å². The van der Waals surface area contributed by atoms with E-state index in [1.54, 1.807) is 18.2 Å². The van der Waals surface area contributed by atoms with E-state index in [9.17, 15) is 18.4 Å². The fourth-order valence-electron chi connectivity index (χ4n) is 2.33. The summed E-state index contributed by atoms with van der Waals surface area (Å²) in [5.74, 6) is -1.53. The Bertz CT molecular complexity index is 856. The number of benzene rings is 2. The summed E-state index contributed by atoms with van der Waals surface area (Å²) in [7, 11) is 0. The van der Waals surface area contributed by atoms with E-state index in [4.69, 9.17) is 14.2 Å². The molecule has 2 aromatic carbocycles. The first kappa shape index (κ1) is 19.2. The van der Waals surface area contributed by atoms with Gasteiger partial charge in [0.2, 0.25) is 0 Å². The van der Waals surface area contributed by atoms with Gasteiger partial charge in [0.1, 0.15) is 11.6 Å². The molecule has 0 aliphatic carbocycles. The van der Waals surface area contributed by atoms with Crippen LogP contribution in [0.15, 0.2) is 41.3 Å². The number of carbonyl (C=O) groups is 2. The van der Waals surface area contributed by atoms with Gasteiger partial charge in [0.05, 0.1) is 19.0 Å². The lowest BCUT2D eigenvalue weighted by molar-refractivity contribution is -0.139. The number of halogens is 2. The molecular weight excluding hydrogens is 378 g/mol. The number of fused-ring (bicyclic) bond motifs is 1. The SMILES string of the molecule is O=C(CSc1cc(F)ccc1F)OCC(=O)c1ccc2c(c1)OCCCO2. The molecule has 0 spiro atoms. The van der Waals surface area contributed by atoms with Crippen LogP contribution in [0.1, 0.15) is 16.8 Å². The van der Waals surface area contributed by atoms with Crippen LogP contribution in [0.25, 0.3) is 0 Å². The Hall–Kier alpha value is -2.61. The number of ketones is 1. The van der Waals surface area contributed by atoms with E-state index in [-0.39, 0.29) is 10.6 Å². The highest BCUT2D eigenvalue weighted by molar-refractivity contribution is 8.00. The van der Waals surface area contributed by atoms with E-state index in [1.807, 2.05) is 0 Å². The van der Waals surface area contributed by atoms with E-state index >= 15 is 0 Å². The molecule has 0 unspecified atom stereocenters. The molecule has 0 fully saturated rings. The van der Waals surface area contributed by atoms with Crippen LogP contribution in [-0.2, 0) is 9.53 Å². The van der Waals surface area contributed by atoms with Crippen molar-refractivity contribution in [1.82, 2.24) is 0 Å². The van der Waals surface area contributed by atoms with Gasteiger partial charge in [-0.05, 0) is 36.4 Å². The Morgan fingerprint density at radius 1 is 1.04 bits per heavy atom. The first-order chi connectivity index (χ1) is 13.0. The quantitative estimate of drug-likeness (QED) is 0.424. The molecule has 0 bridgehead atoms.